The number of rotatable bonds is 7. The van der Waals surface area contributed by atoms with Crippen LogP contribution in [-0.2, 0) is 14.3 Å². The largest absolute Gasteiger partial charge is 0.378 e. The molecule has 144 valence electrons. The van der Waals surface area contributed by atoms with Crippen LogP contribution in [0.25, 0.3) is 0 Å². The molecule has 0 radical (unpaired) electrons. The van der Waals surface area contributed by atoms with Crippen molar-refractivity contribution in [3.63, 3.8) is 0 Å². The van der Waals surface area contributed by atoms with E-state index in [0.29, 0.717) is 32.2 Å². The van der Waals surface area contributed by atoms with Crippen LogP contribution in [0.3, 0.4) is 0 Å². The van der Waals surface area contributed by atoms with Gasteiger partial charge in [0.2, 0.25) is 11.8 Å². The van der Waals surface area contributed by atoms with Crippen molar-refractivity contribution in [3.8, 4) is 0 Å². The molecule has 1 N–H and O–H groups in total. The Kier molecular flexibility index (Phi) is 7.60. The lowest BCUT2D eigenvalue weighted by molar-refractivity contribution is -0.137. The second-order valence-electron chi connectivity index (χ2n) is 6.97. The molecule has 0 bridgehead atoms. The van der Waals surface area contributed by atoms with Crippen molar-refractivity contribution in [3.05, 3.63) is 29.8 Å². The highest BCUT2D eigenvalue weighted by atomic mass is 16.5. The van der Waals surface area contributed by atoms with Crippen molar-refractivity contribution in [2.75, 3.05) is 45.2 Å². The summed E-state index contributed by atoms with van der Waals surface area (Å²) in [6.07, 6.45) is 1.01. The lowest BCUT2D eigenvalue weighted by Gasteiger charge is -2.30. The molecule has 0 aromatic heterocycles. The van der Waals surface area contributed by atoms with Gasteiger partial charge in [-0.05, 0) is 37.9 Å². The third-order valence-corrected chi connectivity index (χ3v) is 5.15. The van der Waals surface area contributed by atoms with Crippen LogP contribution in [-0.4, -0.2) is 67.6 Å². The van der Waals surface area contributed by atoms with Gasteiger partial charge in [0.25, 0.3) is 0 Å². The first-order valence-electron chi connectivity index (χ1n) is 9.39. The maximum Gasteiger partial charge on any atom is 0.241 e. The van der Waals surface area contributed by atoms with Gasteiger partial charge in [-0.1, -0.05) is 32.0 Å². The number of carbonyl (C=O) groups is 2. The van der Waals surface area contributed by atoms with Crippen molar-refractivity contribution in [1.29, 1.82) is 0 Å². The molecular weight excluding hydrogens is 330 g/mol. The lowest BCUT2D eigenvalue weighted by atomic mass is 9.97. The Morgan fingerprint density at radius 1 is 1.23 bits per heavy atom. The minimum atomic E-state index is -0.398. The van der Waals surface area contributed by atoms with Gasteiger partial charge in [0.15, 0.2) is 0 Å². The van der Waals surface area contributed by atoms with E-state index in [1.807, 2.05) is 32.2 Å². The van der Waals surface area contributed by atoms with Crippen LogP contribution in [0.4, 0.5) is 5.69 Å². The summed E-state index contributed by atoms with van der Waals surface area (Å²) in [5.74, 6) is 0.316. The van der Waals surface area contributed by atoms with Crippen LogP contribution in [0, 0.1) is 0 Å². The van der Waals surface area contributed by atoms with Gasteiger partial charge in [-0.25, -0.2) is 0 Å². The number of anilines is 1. The summed E-state index contributed by atoms with van der Waals surface area (Å²) >= 11 is 0. The summed E-state index contributed by atoms with van der Waals surface area (Å²) in [4.78, 5) is 28.6. The van der Waals surface area contributed by atoms with Gasteiger partial charge >= 0.3 is 0 Å². The number of hydrogen-bond donors (Lipinski definition) is 1. The molecule has 6 nitrogen and oxygen atoms in total. The van der Waals surface area contributed by atoms with Crippen LogP contribution in [0.1, 0.15) is 38.7 Å². The van der Waals surface area contributed by atoms with Gasteiger partial charge in [-0.15, -0.1) is 0 Å². The maximum absolute atomic E-state index is 12.7. The van der Waals surface area contributed by atoms with E-state index in [9.17, 15) is 9.59 Å². The fourth-order valence-corrected chi connectivity index (χ4v) is 2.96. The zero-order valence-electron chi connectivity index (χ0n) is 16.3. The quantitative estimate of drug-likeness (QED) is 0.810. The third-order valence-electron chi connectivity index (χ3n) is 5.15. The molecule has 1 aliphatic rings. The predicted octanol–water partition coefficient (Wildman–Crippen LogP) is 2.32. The summed E-state index contributed by atoms with van der Waals surface area (Å²) in [7, 11) is 1.81. The first kappa shape index (κ1) is 20.4. The molecule has 1 aromatic rings. The average Bonchev–Trinajstić information content (AvgIpc) is 2.67. The molecule has 1 aromatic carbocycles. The van der Waals surface area contributed by atoms with Crippen molar-refractivity contribution < 1.29 is 14.3 Å². The minimum Gasteiger partial charge on any atom is -0.378 e. The fraction of sp³-hybridized carbons (Fsp3) is 0.600. The Hall–Kier alpha value is -1.92. The highest BCUT2D eigenvalue weighted by Gasteiger charge is 2.24. The van der Waals surface area contributed by atoms with Crippen LogP contribution >= 0.6 is 0 Å². The summed E-state index contributed by atoms with van der Waals surface area (Å²) in [6.45, 7) is 8.74. The molecular formula is C20H31N3O3. The Labute approximate surface area is 156 Å². The molecule has 2 amide bonds. The molecule has 1 fully saturated rings. The Balaban J connectivity index is 1.95. The molecule has 0 aliphatic carbocycles. The number of nitrogens with zero attached hydrogens (tertiary/aromatic N) is 2. The summed E-state index contributed by atoms with van der Waals surface area (Å²) in [5, 5.41) is 3.03. The average molecular weight is 361 g/mol. The van der Waals surface area contributed by atoms with Gasteiger partial charge in [0.1, 0.15) is 0 Å². The van der Waals surface area contributed by atoms with Gasteiger partial charge in [0, 0.05) is 18.8 Å². The van der Waals surface area contributed by atoms with Crippen LogP contribution in [0.2, 0.25) is 0 Å². The summed E-state index contributed by atoms with van der Waals surface area (Å²) in [6, 6.07) is 7.52. The maximum atomic E-state index is 12.7. The second-order valence-corrected chi connectivity index (χ2v) is 6.97. The molecule has 1 heterocycles. The number of nitrogens with one attached hydrogen (secondary N) is 1. The number of hydrogen-bond acceptors (Lipinski definition) is 4. The van der Waals surface area contributed by atoms with E-state index >= 15 is 0 Å². The van der Waals surface area contributed by atoms with Crippen LogP contribution < -0.4 is 5.32 Å². The smallest absolute Gasteiger partial charge is 0.241 e. The van der Waals surface area contributed by atoms with E-state index in [0.717, 1.165) is 17.7 Å². The van der Waals surface area contributed by atoms with Gasteiger partial charge in [-0.3, -0.25) is 14.5 Å². The zero-order valence-corrected chi connectivity index (χ0v) is 16.3. The number of ether oxygens (including phenoxy) is 1. The highest BCUT2D eigenvalue weighted by molar-refractivity contribution is 5.95. The number of amides is 2. The summed E-state index contributed by atoms with van der Waals surface area (Å²) in [5.41, 5.74) is 1.99. The van der Waals surface area contributed by atoms with E-state index in [2.05, 4.69) is 25.2 Å². The van der Waals surface area contributed by atoms with E-state index in [1.54, 1.807) is 9.80 Å². The molecule has 2 rings (SSSR count). The molecule has 1 saturated heterocycles. The molecule has 0 spiro atoms. The molecule has 26 heavy (non-hydrogen) atoms. The van der Waals surface area contributed by atoms with E-state index in [4.69, 9.17) is 4.74 Å². The Morgan fingerprint density at radius 3 is 2.54 bits per heavy atom. The van der Waals surface area contributed by atoms with Crippen molar-refractivity contribution in [2.45, 2.75) is 39.2 Å². The van der Waals surface area contributed by atoms with Gasteiger partial charge in [0.05, 0.1) is 25.8 Å². The lowest BCUT2D eigenvalue weighted by Crippen LogP contribution is -2.48. The first-order chi connectivity index (χ1) is 12.4. The molecule has 2 atom stereocenters. The Bertz CT molecular complexity index is 614. The zero-order chi connectivity index (χ0) is 19.1. The standard InChI is InChI=1S/C20H31N3O3/c1-5-15(2)17-8-6-7-9-18(17)21-20(25)16(3)22(4)14-19(24)23-10-12-26-13-11-23/h6-9,15-16H,5,10-14H2,1-4H3,(H,21,25)/t15-,16+/m0/s1. The SMILES string of the molecule is CC[C@H](C)c1ccccc1NC(=O)[C@@H](C)N(C)CC(=O)N1CCOCC1. The Morgan fingerprint density at radius 2 is 1.88 bits per heavy atom. The van der Waals surface area contributed by atoms with E-state index in [-0.39, 0.29) is 18.4 Å². The molecule has 6 heteroatoms. The van der Waals surface area contributed by atoms with Crippen molar-refractivity contribution in [2.24, 2.45) is 0 Å². The fourth-order valence-electron chi connectivity index (χ4n) is 2.96. The van der Waals surface area contributed by atoms with Crippen molar-refractivity contribution in [1.82, 2.24) is 9.80 Å². The monoisotopic (exact) mass is 361 g/mol. The minimum absolute atomic E-state index is 0.0375. The molecule has 0 saturated carbocycles. The van der Waals surface area contributed by atoms with Crippen molar-refractivity contribution >= 4 is 17.5 Å². The number of para-hydroxylation sites is 1. The first-order valence-corrected chi connectivity index (χ1v) is 9.39. The number of likely N-dealkylation sites (N-methyl/N-ethyl adjacent to an activating group) is 1. The highest BCUT2D eigenvalue weighted by Crippen LogP contribution is 2.26. The van der Waals surface area contributed by atoms with E-state index < -0.39 is 6.04 Å². The van der Waals surface area contributed by atoms with Gasteiger partial charge in [-0.2, -0.15) is 0 Å². The van der Waals surface area contributed by atoms with Crippen LogP contribution in [0.15, 0.2) is 24.3 Å². The number of carbonyl (C=O) groups excluding carboxylic acids is 2. The topological polar surface area (TPSA) is 61.9 Å². The molecule has 1 aliphatic heterocycles. The second kappa shape index (κ2) is 9.69. The van der Waals surface area contributed by atoms with Gasteiger partial charge < -0.3 is 15.0 Å². The summed E-state index contributed by atoms with van der Waals surface area (Å²) < 4.78 is 5.27. The van der Waals surface area contributed by atoms with Crippen LogP contribution in [0.5, 0.6) is 0 Å². The number of benzene rings is 1. The molecule has 0 unspecified atom stereocenters. The van der Waals surface area contributed by atoms with E-state index in [1.165, 1.54) is 0 Å². The number of morpholine rings is 1. The normalized spacial score (nSPS) is 17.0. The predicted molar refractivity (Wildman–Crippen MR) is 103 cm³/mol. The third kappa shape index (κ3) is 5.29.